The number of methoxy groups -OCH3 is 1. The summed E-state index contributed by atoms with van der Waals surface area (Å²) in [6, 6.07) is 15.0. The summed E-state index contributed by atoms with van der Waals surface area (Å²) in [6.45, 7) is 0. The zero-order valence-corrected chi connectivity index (χ0v) is 15.4. The number of amides is 1. The van der Waals surface area contributed by atoms with Crippen LogP contribution >= 0.6 is 39.9 Å². The fraction of sp³-hybridized carbons (Fsp3) is 0.0588. The van der Waals surface area contributed by atoms with E-state index in [0.717, 1.165) is 21.5 Å². The third-order valence-electron chi connectivity index (χ3n) is 3.32. The average molecular weight is 406 g/mol. The number of hydrogen-bond acceptors (Lipinski definition) is 4. The maximum atomic E-state index is 12.7. The number of nitrogens with zero attached hydrogens (tertiary/aromatic N) is 1. The van der Waals surface area contributed by atoms with Gasteiger partial charge in [0.05, 0.1) is 17.7 Å². The van der Waals surface area contributed by atoms with E-state index in [-0.39, 0.29) is 5.91 Å². The number of halogens is 1. The minimum atomic E-state index is -0.110. The quantitative estimate of drug-likeness (QED) is 0.538. The largest absolute Gasteiger partial charge is 0.497 e. The minimum Gasteiger partial charge on any atom is -0.497 e. The predicted molar refractivity (Wildman–Crippen MR) is 103 cm³/mol. The van der Waals surface area contributed by atoms with Gasteiger partial charge >= 0.3 is 0 Å². The van der Waals surface area contributed by atoms with Crippen molar-refractivity contribution in [3.8, 4) is 5.75 Å². The molecule has 1 heterocycles. The second-order valence-electron chi connectivity index (χ2n) is 4.74. The Bertz CT molecular complexity index is 802. The van der Waals surface area contributed by atoms with Gasteiger partial charge in [-0.05, 0) is 42.0 Å². The lowest BCUT2D eigenvalue weighted by molar-refractivity contribution is -0.113. The fourth-order valence-electron chi connectivity index (χ4n) is 2.16. The van der Waals surface area contributed by atoms with Gasteiger partial charge in [0.25, 0.3) is 5.91 Å². The van der Waals surface area contributed by atoms with E-state index in [2.05, 4.69) is 15.9 Å². The van der Waals surface area contributed by atoms with Gasteiger partial charge in [0.15, 0.2) is 4.32 Å². The number of anilines is 1. The van der Waals surface area contributed by atoms with Crippen molar-refractivity contribution in [1.82, 2.24) is 0 Å². The summed E-state index contributed by atoms with van der Waals surface area (Å²) in [7, 11) is 1.61. The van der Waals surface area contributed by atoms with Crippen molar-refractivity contribution in [3.63, 3.8) is 0 Å². The lowest BCUT2D eigenvalue weighted by atomic mass is 10.2. The summed E-state index contributed by atoms with van der Waals surface area (Å²) in [5.41, 5.74) is 1.69. The predicted octanol–water partition coefficient (Wildman–Crippen LogP) is 4.86. The molecule has 0 atom stereocenters. The Hall–Kier alpha value is -1.63. The lowest BCUT2D eigenvalue weighted by Gasteiger charge is -2.14. The Morgan fingerprint density at radius 2 is 1.87 bits per heavy atom. The highest BCUT2D eigenvalue weighted by Crippen LogP contribution is 2.37. The van der Waals surface area contributed by atoms with Crippen LogP contribution in [0.25, 0.3) is 6.08 Å². The number of thiocarbonyl (C=S) groups is 1. The average Bonchev–Trinajstić information content (AvgIpc) is 2.84. The normalized spacial score (nSPS) is 16.3. The Balaban J connectivity index is 1.92. The van der Waals surface area contributed by atoms with Crippen molar-refractivity contribution in [2.24, 2.45) is 0 Å². The van der Waals surface area contributed by atoms with Crippen LogP contribution in [0.2, 0.25) is 0 Å². The van der Waals surface area contributed by atoms with E-state index in [1.54, 1.807) is 12.0 Å². The first kappa shape index (κ1) is 16.2. The van der Waals surface area contributed by atoms with Crippen LogP contribution in [-0.4, -0.2) is 17.3 Å². The molecule has 0 spiro atoms. The molecule has 3 rings (SSSR count). The van der Waals surface area contributed by atoms with Gasteiger partial charge in [0.2, 0.25) is 0 Å². The standard InChI is InChI=1S/C17H12BrNO2S2/c1-21-13-8-6-12(7-9-13)19-16(20)15(23-17(19)22)10-11-4-2-3-5-14(11)18/h2-10H,1H3/b15-10-. The van der Waals surface area contributed by atoms with Gasteiger partial charge < -0.3 is 4.74 Å². The molecule has 0 aliphatic carbocycles. The van der Waals surface area contributed by atoms with Crippen LogP contribution in [0.15, 0.2) is 57.9 Å². The molecule has 2 aromatic rings. The SMILES string of the molecule is COc1ccc(N2C(=O)/C(=C/c3ccccc3Br)SC2=S)cc1. The second-order valence-corrected chi connectivity index (χ2v) is 7.27. The lowest BCUT2D eigenvalue weighted by Crippen LogP contribution is -2.27. The first-order chi connectivity index (χ1) is 11.1. The highest BCUT2D eigenvalue weighted by atomic mass is 79.9. The molecule has 2 aromatic carbocycles. The van der Waals surface area contributed by atoms with Gasteiger partial charge in [0.1, 0.15) is 5.75 Å². The van der Waals surface area contributed by atoms with Gasteiger partial charge in [-0.2, -0.15) is 0 Å². The molecule has 1 amide bonds. The molecule has 3 nitrogen and oxygen atoms in total. The van der Waals surface area contributed by atoms with Gasteiger partial charge in [-0.15, -0.1) is 0 Å². The van der Waals surface area contributed by atoms with E-state index < -0.39 is 0 Å². The van der Waals surface area contributed by atoms with Gasteiger partial charge in [-0.3, -0.25) is 9.69 Å². The van der Waals surface area contributed by atoms with Crippen LogP contribution in [0.4, 0.5) is 5.69 Å². The van der Waals surface area contributed by atoms with Crippen LogP contribution in [0, 0.1) is 0 Å². The highest BCUT2D eigenvalue weighted by molar-refractivity contribution is 9.10. The van der Waals surface area contributed by atoms with E-state index in [1.165, 1.54) is 11.8 Å². The highest BCUT2D eigenvalue weighted by Gasteiger charge is 2.33. The number of carbonyl (C=O) groups excluding carboxylic acids is 1. The second kappa shape index (κ2) is 6.86. The number of carbonyl (C=O) groups is 1. The van der Waals surface area contributed by atoms with Crippen LogP contribution < -0.4 is 9.64 Å². The Labute approximate surface area is 152 Å². The Morgan fingerprint density at radius 3 is 2.52 bits per heavy atom. The molecular formula is C17H12BrNO2S2. The van der Waals surface area contributed by atoms with Crippen molar-refractivity contribution in [2.75, 3.05) is 12.0 Å². The molecule has 23 heavy (non-hydrogen) atoms. The monoisotopic (exact) mass is 405 g/mol. The molecule has 116 valence electrons. The fourth-order valence-corrected chi connectivity index (χ4v) is 3.84. The van der Waals surface area contributed by atoms with Crippen molar-refractivity contribution in [3.05, 3.63) is 63.5 Å². The molecule has 0 unspecified atom stereocenters. The summed E-state index contributed by atoms with van der Waals surface area (Å²) in [5.74, 6) is 0.629. The minimum absolute atomic E-state index is 0.110. The summed E-state index contributed by atoms with van der Waals surface area (Å²) >= 11 is 10.2. The Morgan fingerprint density at radius 1 is 1.17 bits per heavy atom. The van der Waals surface area contributed by atoms with Crippen LogP contribution in [0.5, 0.6) is 5.75 Å². The first-order valence-corrected chi connectivity index (χ1v) is 8.78. The zero-order chi connectivity index (χ0) is 16.4. The van der Waals surface area contributed by atoms with Crippen LogP contribution in [0.3, 0.4) is 0 Å². The molecule has 1 fully saturated rings. The molecule has 0 saturated carbocycles. The maximum absolute atomic E-state index is 12.7. The molecule has 1 saturated heterocycles. The van der Waals surface area contributed by atoms with Gasteiger partial charge in [-0.25, -0.2) is 0 Å². The van der Waals surface area contributed by atoms with Gasteiger partial charge in [0, 0.05) is 4.47 Å². The van der Waals surface area contributed by atoms with Crippen LogP contribution in [-0.2, 0) is 4.79 Å². The molecule has 0 N–H and O–H groups in total. The summed E-state index contributed by atoms with van der Waals surface area (Å²) < 4.78 is 6.61. The number of hydrogen-bond donors (Lipinski definition) is 0. The third-order valence-corrected chi connectivity index (χ3v) is 5.34. The molecule has 1 aliphatic rings. The molecule has 1 aliphatic heterocycles. The Kier molecular flexibility index (Phi) is 4.84. The smallest absolute Gasteiger partial charge is 0.270 e. The van der Waals surface area contributed by atoms with E-state index in [0.29, 0.717) is 9.23 Å². The van der Waals surface area contributed by atoms with Crippen molar-refractivity contribution in [2.45, 2.75) is 0 Å². The zero-order valence-electron chi connectivity index (χ0n) is 12.2. The molecular weight excluding hydrogens is 394 g/mol. The summed E-state index contributed by atoms with van der Waals surface area (Å²) in [6.07, 6.45) is 1.85. The topological polar surface area (TPSA) is 29.5 Å². The van der Waals surface area contributed by atoms with Crippen LogP contribution in [0.1, 0.15) is 5.56 Å². The van der Waals surface area contributed by atoms with Crippen molar-refractivity contribution >= 4 is 61.9 Å². The van der Waals surface area contributed by atoms with E-state index in [4.69, 9.17) is 17.0 Å². The van der Waals surface area contributed by atoms with Crippen molar-refractivity contribution in [1.29, 1.82) is 0 Å². The molecule has 6 heteroatoms. The van der Waals surface area contributed by atoms with E-state index >= 15 is 0 Å². The van der Waals surface area contributed by atoms with E-state index in [1.807, 2.05) is 54.6 Å². The molecule has 0 aromatic heterocycles. The van der Waals surface area contributed by atoms with Gasteiger partial charge in [-0.1, -0.05) is 58.1 Å². The molecule has 0 radical (unpaired) electrons. The van der Waals surface area contributed by atoms with Crippen molar-refractivity contribution < 1.29 is 9.53 Å². The number of thioether (sulfide) groups is 1. The third kappa shape index (κ3) is 3.34. The maximum Gasteiger partial charge on any atom is 0.270 e. The number of rotatable bonds is 3. The molecule has 0 bridgehead atoms. The summed E-state index contributed by atoms with van der Waals surface area (Å²) in [4.78, 5) is 14.8. The summed E-state index contributed by atoms with van der Waals surface area (Å²) in [5, 5.41) is 0. The number of ether oxygens (including phenoxy) is 1. The first-order valence-electron chi connectivity index (χ1n) is 6.76. The number of benzene rings is 2. The van der Waals surface area contributed by atoms with E-state index in [9.17, 15) is 4.79 Å².